The molecule has 0 spiro atoms. The summed E-state index contributed by atoms with van der Waals surface area (Å²) in [5, 5.41) is 0. The molecule has 1 aliphatic rings. The molecule has 2 aromatic rings. The number of likely N-dealkylation sites (tertiary alicyclic amines) is 1. The van der Waals surface area contributed by atoms with Crippen molar-refractivity contribution in [3.8, 4) is 0 Å². The number of hydrogen-bond donors (Lipinski definition) is 0. The number of amides is 1. The second kappa shape index (κ2) is 28.7. The van der Waals surface area contributed by atoms with E-state index in [0.29, 0.717) is 0 Å². The van der Waals surface area contributed by atoms with E-state index < -0.39 is 0 Å². The van der Waals surface area contributed by atoms with E-state index in [9.17, 15) is 4.79 Å². The molecule has 4 nitrogen and oxygen atoms in total. The van der Waals surface area contributed by atoms with Crippen LogP contribution in [0.4, 0.5) is 0 Å². The van der Waals surface area contributed by atoms with Gasteiger partial charge >= 0.3 is 58.2 Å². The summed E-state index contributed by atoms with van der Waals surface area (Å²) in [6.45, 7) is 19.8. The molecule has 0 unspecified atom stereocenters. The fraction of sp³-hybridized carbons (Fsp3) is 0.600. The standard InChI is InChI=1S/C11H16N2O.C6H6N.4C2H6.Rb/c1-12-7-5-6-10(12)11(14)13-8-3-2-4-9-13;1-6-3-2-4-7-5-6;4*1-2;/h5-7H,2-4,8-9H2,1H3;2,4-5H,1H3;4*1-2H3;/q;-1;;;;;+1. The van der Waals surface area contributed by atoms with Gasteiger partial charge in [-0.25, -0.2) is 0 Å². The fourth-order valence-corrected chi connectivity index (χ4v) is 2.35. The molecule has 0 radical (unpaired) electrons. The van der Waals surface area contributed by atoms with Crippen LogP contribution < -0.4 is 58.2 Å². The summed E-state index contributed by atoms with van der Waals surface area (Å²) in [4.78, 5) is 17.8. The van der Waals surface area contributed by atoms with Crippen LogP contribution >= 0.6 is 0 Å². The van der Waals surface area contributed by atoms with E-state index in [2.05, 4.69) is 11.1 Å². The van der Waals surface area contributed by atoms with Gasteiger partial charge in [-0.15, -0.1) is 5.56 Å². The maximum absolute atomic E-state index is 12.0. The SMILES string of the molecule is CC.CC.CC.CC.Cc1[c-]ccnc1.Cn1cccc1C(=O)N1CCCCC1.[Rb+]. The summed E-state index contributed by atoms with van der Waals surface area (Å²) >= 11 is 0. The number of nitrogens with zero attached hydrogens (tertiary/aromatic N) is 3. The minimum absolute atomic E-state index is 0. The van der Waals surface area contributed by atoms with Crippen molar-refractivity contribution in [3.05, 3.63) is 54.1 Å². The molecular weight excluding hydrogens is 444 g/mol. The molecular formula is C25H46N3ORb. The van der Waals surface area contributed by atoms with Crippen molar-refractivity contribution in [3.63, 3.8) is 0 Å². The molecule has 0 atom stereocenters. The van der Waals surface area contributed by atoms with E-state index >= 15 is 0 Å². The molecule has 3 rings (SSSR count). The summed E-state index contributed by atoms with van der Waals surface area (Å²) in [6, 6.07) is 8.57. The molecule has 0 N–H and O–H groups in total. The summed E-state index contributed by atoms with van der Waals surface area (Å²) in [5.74, 6) is 0.178. The molecule has 0 bridgehead atoms. The number of rotatable bonds is 1. The zero-order valence-corrected chi connectivity index (χ0v) is 26.7. The molecule has 1 saturated heterocycles. The van der Waals surface area contributed by atoms with Gasteiger partial charge in [0.2, 0.25) is 0 Å². The van der Waals surface area contributed by atoms with Gasteiger partial charge < -0.3 is 14.5 Å². The van der Waals surface area contributed by atoms with Crippen LogP contribution in [-0.4, -0.2) is 33.4 Å². The smallest absolute Gasteiger partial charge is 0.391 e. The number of pyridine rings is 1. The van der Waals surface area contributed by atoms with E-state index in [1.165, 1.54) is 6.42 Å². The average molecular weight is 490 g/mol. The predicted molar refractivity (Wildman–Crippen MR) is 128 cm³/mol. The van der Waals surface area contributed by atoms with Crippen molar-refractivity contribution in [2.24, 2.45) is 7.05 Å². The van der Waals surface area contributed by atoms with Gasteiger partial charge in [0.05, 0.1) is 0 Å². The largest absolute Gasteiger partial charge is 1.00 e. The van der Waals surface area contributed by atoms with Crippen LogP contribution in [0.25, 0.3) is 0 Å². The molecule has 1 fully saturated rings. The van der Waals surface area contributed by atoms with Crippen molar-refractivity contribution in [1.82, 2.24) is 14.5 Å². The van der Waals surface area contributed by atoms with Crippen LogP contribution in [0.5, 0.6) is 0 Å². The number of hydrogen-bond acceptors (Lipinski definition) is 2. The summed E-state index contributed by atoms with van der Waals surface area (Å²) < 4.78 is 1.89. The van der Waals surface area contributed by atoms with Crippen LogP contribution in [-0.2, 0) is 7.05 Å². The molecule has 168 valence electrons. The van der Waals surface area contributed by atoms with Crippen LogP contribution in [0.15, 0.2) is 36.8 Å². The summed E-state index contributed by atoms with van der Waals surface area (Å²) in [7, 11) is 1.91. The Morgan fingerprint density at radius 2 is 1.50 bits per heavy atom. The number of carbonyl (C=O) groups excluding carboxylic acids is 1. The van der Waals surface area contributed by atoms with E-state index in [4.69, 9.17) is 0 Å². The maximum Gasteiger partial charge on any atom is 1.00 e. The Labute approximate surface area is 236 Å². The van der Waals surface area contributed by atoms with E-state index in [0.717, 1.165) is 37.2 Å². The quantitative estimate of drug-likeness (QED) is 0.569. The molecule has 5 heteroatoms. The molecule has 0 aliphatic carbocycles. The van der Waals surface area contributed by atoms with Gasteiger partial charge in [0.15, 0.2) is 0 Å². The topological polar surface area (TPSA) is 38.1 Å². The summed E-state index contributed by atoms with van der Waals surface area (Å²) in [5.41, 5.74) is 1.88. The third-order valence-electron chi connectivity index (χ3n) is 3.55. The molecule has 30 heavy (non-hydrogen) atoms. The van der Waals surface area contributed by atoms with E-state index in [1.807, 2.05) is 97.2 Å². The predicted octanol–water partition coefficient (Wildman–Crippen LogP) is 3.95. The maximum atomic E-state index is 12.0. The first-order chi connectivity index (χ1) is 14.2. The molecule has 3 heterocycles. The average Bonchev–Trinajstić information content (AvgIpc) is 3.26. The van der Waals surface area contributed by atoms with Gasteiger partial charge in [-0.2, -0.15) is 12.1 Å². The second-order valence-electron chi connectivity index (χ2n) is 5.28. The Hall–Kier alpha value is -0.295. The Morgan fingerprint density at radius 3 is 1.83 bits per heavy atom. The first-order valence-electron chi connectivity index (χ1n) is 11.4. The van der Waals surface area contributed by atoms with Crippen LogP contribution in [0.2, 0.25) is 0 Å². The van der Waals surface area contributed by atoms with Crippen molar-refractivity contribution >= 4 is 5.91 Å². The third-order valence-corrected chi connectivity index (χ3v) is 3.55. The van der Waals surface area contributed by atoms with Gasteiger partial charge in [-0.05, 0) is 31.4 Å². The van der Waals surface area contributed by atoms with Gasteiger partial charge in [0, 0.05) is 26.3 Å². The second-order valence-corrected chi connectivity index (χ2v) is 5.28. The van der Waals surface area contributed by atoms with Crippen LogP contribution in [0.3, 0.4) is 0 Å². The number of aromatic nitrogens is 2. The number of piperidine rings is 1. The Bertz CT molecular complexity index is 565. The van der Waals surface area contributed by atoms with Crippen molar-refractivity contribution in [1.29, 1.82) is 0 Å². The zero-order chi connectivity index (χ0) is 23.1. The minimum atomic E-state index is 0. The van der Waals surface area contributed by atoms with Gasteiger partial charge in [-0.1, -0.05) is 74.7 Å². The monoisotopic (exact) mass is 489 g/mol. The first kappa shape index (κ1) is 37.0. The molecule has 0 aromatic carbocycles. The van der Waals surface area contributed by atoms with Gasteiger partial charge in [-0.3, -0.25) is 4.79 Å². The molecule has 0 saturated carbocycles. The number of aryl methyl sites for hydroxylation is 2. The van der Waals surface area contributed by atoms with Gasteiger partial charge in [0.25, 0.3) is 5.91 Å². The van der Waals surface area contributed by atoms with Gasteiger partial charge in [0.1, 0.15) is 5.69 Å². The molecule has 1 amide bonds. The van der Waals surface area contributed by atoms with E-state index in [-0.39, 0.29) is 64.1 Å². The van der Waals surface area contributed by atoms with Crippen LogP contribution in [0, 0.1) is 13.0 Å². The molecule has 1 aliphatic heterocycles. The fourth-order valence-electron chi connectivity index (χ4n) is 2.35. The zero-order valence-electron chi connectivity index (χ0n) is 21.7. The third kappa shape index (κ3) is 17.4. The number of carbonyl (C=O) groups is 1. The van der Waals surface area contributed by atoms with Crippen LogP contribution in [0.1, 0.15) is 90.7 Å². The van der Waals surface area contributed by atoms with E-state index in [1.54, 1.807) is 18.5 Å². The van der Waals surface area contributed by atoms with Crippen molar-refractivity contribution < 1.29 is 63.0 Å². The Kier molecular flexibility index (Phi) is 35.4. The Morgan fingerprint density at radius 1 is 0.967 bits per heavy atom. The summed E-state index contributed by atoms with van der Waals surface area (Å²) in [6.07, 6.45) is 8.97. The van der Waals surface area contributed by atoms with Crippen molar-refractivity contribution in [2.45, 2.75) is 81.6 Å². The molecule has 2 aromatic heterocycles. The Balaban J connectivity index is -0.000000180. The first-order valence-corrected chi connectivity index (χ1v) is 11.4. The normalized spacial score (nSPS) is 10.8. The van der Waals surface area contributed by atoms with Crippen molar-refractivity contribution in [2.75, 3.05) is 13.1 Å². The minimum Gasteiger partial charge on any atom is -0.391 e.